The molecule has 2 heterocycles. The van der Waals surface area contributed by atoms with Crippen LogP contribution in [0.1, 0.15) is 5.56 Å². The Balaban J connectivity index is 2.22. The number of fused-ring (bicyclic) bond motifs is 1. The van der Waals surface area contributed by atoms with Crippen molar-refractivity contribution < 1.29 is 0 Å². The van der Waals surface area contributed by atoms with Crippen LogP contribution in [0.25, 0.3) is 20.9 Å². The standard InChI is InChI=1S/C13H11N3S/c1-8-4-5-10-11(7-8)17-13(16-10)12-9(14)3-2-6-15-12/h2-7H,14H2,1H3. The molecule has 0 fully saturated rings. The molecule has 3 aromatic rings. The van der Waals surface area contributed by atoms with Crippen LogP contribution in [0.5, 0.6) is 0 Å². The zero-order chi connectivity index (χ0) is 11.8. The number of nitrogen functional groups attached to an aromatic ring is 1. The van der Waals surface area contributed by atoms with Gasteiger partial charge in [-0.25, -0.2) is 4.98 Å². The van der Waals surface area contributed by atoms with E-state index in [-0.39, 0.29) is 0 Å². The monoisotopic (exact) mass is 241 g/mol. The number of hydrogen-bond donors (Lipinski definition) is 1. The normalized spacial score (nSPS) is 10.9. The maximum Gasteiger partial charge on any atom is 0.145 e. The number of aryl methyl sites for hydroxylation is 1. The molecule has 17 heavy (non-hydrogen) atoms. The Bertz CT molecular complexity index is 688. The summed E-state index contributed by atoms with van der Waals surface area (Å²) < 4.78 is 1.17. The van der Waals surface area contributed by atoms with Crippen molar-refractivity contribution in [3.8, 4) is 10.7 Å². The van der Waals surface area contributed by atoms with Gasteiger partial charge in [-0.15, -0.1) is 11.3 Å². The Morgan fingerprint density at radius 3 is 2.94 bits per heavy atom. The lowest BCUT2D eigenvalue weighted by molar-refractivity contribution is 1.31. The quantitative estimate of drug-likeness (QED) is 0.711. The molecular formula is C13H11N3S. The van der Waals surface area contributed by atoms with Gasteiger partial charge in [-0.2, -0.15) is 0 Å². The molecule has 0 aliphatic carbocycles. The summed E-state index contributed by atoms with van der Waals surface area (Å²) in [5.74, 6) is 0. The van der Waals surface area contributed by atoms with Crippen LogP contribution >= 0.6 is 11.3 Å². The average Bonchev–Trinajstić information content (AvgIpc) is 2.72. The summed E-state index contributed by atoms with van der Waals surface area (Å²) in [5.41, 5.74) is 9.59. The SMILES string of the molecule is Cc1ccc2nc(-c3ncccc3N)sc2c1. The van der Waals surface area contributed by atoms with E-state index in [0.717, 1.165) is 16.2 Å². The number of thiazole rings is 1. The third-order valence-corrected chi connectivity index (χ3v) is 3.61. The molecule has 0 spiro atoms. The molecule has 0 radical (unpaired) electrons. The van der Waals surface area contributed by atoms with Gasteiger partial charge in [-0.3, -0.25) is 4.98 Å². The summed E-state index contributed by atoms with van der Waals surface area (Å²) in [6.45, 7) is 2.08. The van der Waals surface area contributed by atoms with Gasteiger partial charge in [0.25, 0.3) is 0 Å². The minimum absolute atomic E-state index is 0.670. The van der Waals surface area contributed by atoms with E-state index in [1.54, 1.807) is 17.5 Å². The highest BCUT2D eigenvalue weighted by Crippen LogP contribution is 2.31. The van der Waals surface area contributed by atoms with Crippen molar-refractivity contribution in [3.63, 3.8) is 0 Å². The van der Waals surface area contributed by atoms with E-state index in [0.29, 0.717) is 5.69 Å². The molecular weight excluding hydrogens is 230 g/mol. The molecule has 0 atom stereocenters. The first-order valence-corrected chi connectivity index (χ1v) is 6.14. The minimum atomic E-state index is 0.670. The van der Waals surface area contributed by atoms with Crippen LogP contribution in [0.4, 0.5) is 5.69 Å². The maximum absolute atomic E-state index is 5.91. The van der Waals surface area contributed by atoms with Gasteiger partial charge < -0.3 is 5.73 Å². The first-order valence-electron chi connectivity index (χ1n) is 5.32. The largest absolute Gasteiger partial charge is 0.397 e. The van der Waals surface area contributed by atoms with Gasteiger partial charge in [0.2, 0.25) is 0 Å². The molecule has 2 N–H and O–H groups in total. The number of hydrogen-bond acceptors (Lipinski definition) is 4. The number of benzene rings is 1. The molecule has 0 unspecified atom stereocenters. The molecule has 0 bridgehead atoms. The molecule has 0 aliphatic heterocycles. The lowest BCUT2D eigenvalue weighted by Gasteiger charge is -1.98. The second-order valence-corrected chi connectivity index (χ2v) is 4.96. The zero-order valence-electron chi connectivity index (χ0n) is 9.34. The molecule has 0 amide bonds. The van der Waals surface area contributed by atoms with Crippen molar-refractivity contribution in [3.05, 3.63) is 42.1 Å². The highest BCUT2D eigenvalue weighted by Gasteiger charge is 2.09. The Labute approximate surface area is 103 Å². The Morgan fingerprint density at radius 1 is 1.24 bits per heavy atom. The zero-order valence-corrected chi connectivity index (χ0v) is 10.2. The number of nitrogens with two attached hydrogens (primary N) is 1. The van der Waals surface area contributed by atoms with Gasteiger partial charge in [0.05, 0.1) is 15.9 Å². The highest BCUT2D eigenvalue weighted by molar-refractivity contribution is 7.21. The predicted octanol–water partition coefficient (Wildman–Crippen LogP) is 3.25. The first-order chi connectivity index (χ1) is 8.24. The molecule has 3 nitrogen and oxygen atoms in total. The van der Waals surface area contributed by atoms with Crippen LogP contribution in [0.15, 0.2) is 36.5 Å². The Morgan fingerprint density at radius 2 is 2.12 bits per heavy atom. The van der Waals surface area contributed by atoms with Crippen molar-refractivity contribution in [1.82, 2.24) is 9.97 Å². The van der Waals surface area contributed by atoms with E-state index in [9.17, 15) is 0 Å². The van der Waals surface area contributed by atoms with Gasteiger partial charge >= 0.3 is 0 Å². The van der Waals surface area contributed by atoms with Gasteiger partial charge in [-0.1, -0.05) is 6.07 Å². The van der Waals surface area contributed by atoms with E-state index in [1.165, 1.54) is 10.3 Å². The van der Waals surface area contributed by atoms with E-state index >= 15 is 0 Å². The number of aromatic nitrogens is 2. The van der Waals surface area contributed by atoms with E-state index in [1.807, 2.05) is 18.2 Å². The van der Waals surface area contributed by atoms with Crippen molar-refractivity contribution in [2.24, 2.45) is 0 Å². The van der Waals surface area contributed by atoms with Crippen LogP contribution in [-0.4, -0.2) is 9.97 Å². The van der Waals surface area contributed by atoms with E-state index in [4.69, 9.17) is 5.73 Å². The molecule has 0 saturated heterocycles. The van der Waals surface area contributed by atoms with Crippen LogP contribution in [0, 0.1) is 6.92 Å². The van der Waals surface area contributed by atoms with Gasteiger partial charge in [0.15, 0.2) is 0 Å². The second kappa shape index (κ2) is 3.82. The van der Waals surface area contributed by atoms with E-state index in [2.05, 4.69) is 29.0 Å². The van der Waals surface area contributed by atoms with Crippen LogP contribution in [0.3, 0.4) is 0 Å². The highest BCUT2D eigenvalue weighted by atomic mass is 32.1. The van der Waals surface area contributed by atoms with Gasteiger partial charge in [0.1, 0.15) is 10.7 Å². The molecule has 0 saturated carbocycles. The predicted molar refractivity (Wildman–Crippen MR) is 72.0 cm³/mol. The fourth-order valence-electron chi connectivity index (χ4n) is 1.73. The summed E-state index contributed by atoms with van der Waals surface area (Å²) in [5, 5.41) is 0.878. The topological polar surface area (TPSA) is 51.8 Å². The lowest BCUT2D eigenvalue weighted by atomic mass is 10.2. The molecule has 0 aliphatic rings. The fraction of sp³-hybridized carbons (Fsp3) is 0.0769. The molecule has 84 valence electrons. The van der Waals surface area contributed by atoms with Crippen LogP contribution in [-0.2, 0) is 0 Å². The molecule has 2 aromatic heterocycles. The van der Waals surface area contributed by atoms with Crippen molar-refractivity contribution in [2.75, 3.05) is 5.73 Å². The molecule has 3 rings (SSSR count). The maximum atomic E-state index is 5.91. The number of rotatable bonds is 1. The molecule has 4 heteroatoms. The van der Waals surface area contributed by atoms with Crippen LogP contribution < -0.4 is 5.73 Å². The average molecular weight is 241 g/mol. The van der Waals surface area contributed by atoms with Crippen molar-refractivity contribution >= 4 is 27.2 Å². The smallest absolute Gasteiger partial charge is 0.145 e. The van der Waals surface area contributed by atoms with Crippen molar-refractivity contribution in [2.45, 2.75) is 6.92 Å². The molecule has 1 aromatic carbocycles. The van der Waals surface area contributed by atoms with Crippen molar-refractivity contribution in [1.29, 1.82) is 0 Å². The first kappa shape index (κ1) is 10.2. The number of anilines is 1. The summed E-state index contributed by atoms with van der Waals surface area (Å²) in [7, 11) is 0. The second-order valence-electron chi connectivity index (χ2n) is 3.93. The third kappa shape index (κ3) is 1.76. The Kier molecular flexibility index (Phi) is 2.30. The Hall–Kier alpha value is -1.94. The van der Waals surface area contributed by atoms with Gasteiger partial charge in [-0.05, 0) is 36.8 Å². The summed E-state index contributed by atoms with van der Waals surface area (Å²) in [4.78, 5) is 8.85. The van der Waals surface area contributed by atoms with Crippen LogP contribution in [0.2, 0.25) is 0 Å². The lowest BCUT2D eigenvalue weighted by Crippen LogP contribution is -1.91. The summed E-state index contributed by atoms with van der Waals surface area (Å²) in [6, 6.07) is 9.91. The number of nitrogens with zero attached hydrogens (tertiary/aromatic N) is 2. The van der Waals surface area contributed by atoms with Gasteiger partial charge in [0, 0.05) is 6.20 Å². The third-order valence-electron chi connectivity index (χ3n) is 2.59. The minimum Gasteiger partial charge on any atom is -0.397 e. The fourth-order valence-corrected chi connectivity index (χ4v) is 2.81. The summed E-state index contributed by atoms with van der Waals surface area (Å²) >= 11 is 1.63. The summed E-state index contributed by atoms with van der Waals surface area (Å²) in [6.07, 6.45) is 1.74. The van der Waals surface area contributed by atoms with E-state index < -0.39 is 0 Å². The number of pyridine rings is 1.